The number of nitrogens with zero attached hydrogens (tertiary/aromatic N) is 4. The molecule has 6 amide bonds. The van der Waals surface area contributed by atoms with Gasteiger partial charge in [-0.05, 0) is 141 Å². The van der Waals surface area contributed by atoms with E-state index in [0.717, 1.165) is 9.80 Å². The molecule has 0 aromatic heterocycles. The van der Waals surface area contributed by atoms with Crippen molar-refractivity contribution in [2.24, 2.45) is 5.73 Å². The lowest BCUT2D eigenvalue weighted by molar-refractivity contribution is -0.271. The van der Waals surface area contributed by atoms with Crippen molar-refractivity contribution in [3.8, 4) is 46.0 Å². The van der Waals surface area contributed by atoms with Gasteiger partial charge < -0.3 is 144 Å². The number of benzene rings is 6. The summed E-state index contributed by atoms with van der Waals surface area (Å²) >= 11 is 0. The average Bonchev–Trinajstić information content (AvgIpc) is 1.60. The minimum Gasteiger partial charge on any atom is -0.497 e. The van der Waals surface area contributed by atoms with E-state index in [1.807, 2.05) is 0 Å². The lowest BCUT2D eigenvalue weighted by atomic mass is 9.98. The summed E-state index contributed by atoms with van der Waals surface area (Å²) in [5.41, 5.74) is 5.47. The zero-order chi connectivity index (χ0) is 88.8. The van der Waals surface area contributed by atoms with Crippen molar-refractivity contribution in [2.45, 2.75) is 164 Å². The van der Waals surface area contributed by atoms with Crippen molar-refractivity contribution in [1.29, 1.82) is 0 Å². The first-order valence-corrected chi connectivity index (χ1v) is 38.9. The lowest BCUT2D eigenvalue weighted by Crippen LogP contribution is -2.61. The van der Waals surface area contributed by atoms with E-state index >= 15 is 19.2 Å². The second-order valence-corrected chi connectivity index (χ2v) is 30.7. The Morgan fingerprint density at radius 2 is 0.919 bits per heavy atom. The van der Waals surface area contributed by atoms with Crippen LogP contribution in [-0.4, -0.2) is 274 Å². The molecule has 0 radical (unpaired) electrons. The summed E-state index contributed by atoms with van der Waals surface area (Å²) in [7, 11) is 7.01. The third-order valence-electron chi connectivity index (χ3n) is 21.2. The number of carbonyl (C=O) groups is 8. The lowest BCUT2D eigenvalue weighted by Gasteiger charge is -2.38. The van der Waals surface area contributed by atoms with Crippen LogP contribution in [0.4, 0.5) is 21.0 Å². The number of nitrogens with one attached hydrogen (secondary N) is 2. The molecule has 660 valence electrons. The fourth-order valence-corrected chi connectivity index (χ4v) is 14.6. The maximum atomic E-state index is 15.2. The van der Waals surface area contributed by atoms with Gasteiger partial charge in [0.15, 0.2) is 47.7 Å². The fraction of sp³-hybridized carbons (Fsp3) is 0.429. The zero-order valence-corrected chi connectivity index (χ0v) is 68.2. The summed E-state index contributed by atoms with van der Waals surface area (Å²) in [5, 5.41) is 114. The highest BCUT2D eigenvalue weighted by molar-refractivity contribution is 6.09. The number of carboxylic acids is 2. The quantitative estimate of drug-likeness (QED) is 0.0212. The van der Waals surface area contributed by atoms with Gasteiger partial charge in [0, 0.05) is 50.1 Å². The number of aliphatic carboxylic acids is 2. The number of amides is 6. The minimum absolute atomic E-state index is 0.00458. The molecule has 6 aliphatic rings. The number of fused-ring (bicyclic) bond motifs is 4. The van der Waals surface area contributed by atoms with Crippen LogP contribution < -0.4 is 64.1 Å². The highest BCUT2D eigenvalue weighted by atomic mass is 16.7. The van der Waals surface area contributed by atoms with Crippen molar-refractivity contribution < 1.29 is 156 Å². The number of aliphatic hydroxyl groups is 8. The summed E-state index contributed by atoms with van der Waals surface area (Å²) < 4.78 is 80.3. The molecule has 6 aromatic rings. The van der Waals surface area contributed by atoms with Crippen LogP contribution in [0.3, 0.4) is 0 Å². The van der Waals surface area contributed by atoms with Crippen LogP contribution in [0.25, 0.3) is 11.1 Å². The van der Waals surface area contributed by atoms with Gasteiger partial charge in [0.25, 0.3) is 23.6 Å². The second kappa shape index (κ2) is 38.2. The molecule has 39 nitrogen and oxygen atoms in total. The molecule has 39 heteroatoms. The van der Waals surface area contributed by atoms with Crippen LogP contribution in [0.15, 0.2) is 122 Å². The molecular formula is C84H97N7O32. The molecule has 0 aliphatic carbocycles. The second-order valence-electron chi connectivity index (χ2n) is 30.7. The Kier molecular flexibility index (Phi) is 28.0. The van der Waals surface area contributed by atoms with Crippen LogP contribution in [0.1, 0.15) is 117 Å². The van der Waals surface area contributed by atoms with Gasteiger partial charge in [-0.25, -0.2) is 29.0 Å². The predicted octanol–water partition coefficient (Wildman–Crippen LogP) is 3.56. The fourth-order valence-electron chi connectivity index (χ4n) is 14.6. The SMILES string of the molecule is COCCNC(=O)c1cc(COC(=O)N2c3cc(OCCCOc4cc5c(cc4OC)C(=O)N4C=C(c6ccc(OC)cc6)C[C@H]4C(O)N5C(=O)OCc4ccc(O[C@@H]5O[C@H](C(=O)O)[C@@H](O)[C@H](O)[C@H]5O)c(C(=O)NC(C)(C)CCOC(C)(C)N)c4)c(OC)cc3C(=O)N3C=C(c4ccc(OC)cc4)CC3C2O)ccc1O[C@@H]1O[C@H](C(=O)O)[C@@H](O)[C@H](O)[C@H]1O. The standard InChI is InChI=1S/C84H97N7O32/c1-83(2,23-27-119-84(3,4)85)87-72(99)52-30-42(12-22-58(52)121-80-68(97)64(93)66(95)70(123-80)78(106)107)40-118-82(109)91-54-36-62(60(114-9)34-50(54)74(101)89-38-46(32-56(89)76(91)103)44-15-19-48(112-7)20-16-44)116-26-10-25-115-61-35-53-49(33-59(61)113-8)73(100)88-37-45(43-13-17-47(111-6)18-14-43)31-55(88)75(102)90(53)81(108)117-39-41-11-21-57(51(29-41)71(98)86-24-28-110-5)120-79-67(96)63(92)65(94)69(122-79)77(104)105/h11-22,29-30,33-38,55-56,63-70,75-76,79-80,92-97,102-103H,10,23-28,31-32,39-40,85H2,1-9H3,(H,86,98)(H,87,99)(H,104,105)(H,106,107)/t55?,56-,63-,64-,65-,66-,67+,68+,69-,70-,75?,76?,79+,80+/m0/s1. The first-order valence-electron chi connectivity index (χ1n) is 38.9. The summed E-state index contributed by atoms with van der Waals surface area (Å²) in [6.07, 6.45) is -23.1. The van der Waals surface area contributed by atoms with Crippen LogP contribution in [0.5, 0.6) is 46.0 Å². The summed E-state index contributed by atoms with van der Waals surface area (Å²) in [5.74, 6) is -6.03. The molecule has 6 aliphatic heterocycles. The molecule has 14 atom stereocenters. The molecule has 3 unspecified atom stereocenters. The first-order chi connectivity index (χ1) is 58.6. The molecule has 12 rings (SSSR count). The highest BCUT2D eigenvalue weighted by Gasteiger charge is 2.52. The van der Waals surface area contributed by atoms with E-state index in [-0.39, 0.29) is 138 Å². The molecule has 14 N–H and O–H groups in total. The van der Waals surface area contributed by atoms with E-state index in [2.05, 4.69) is 10.6 Å². The van der Waals surface area contributed by atoms with E-state index in [1.165, 1.54) is 106 Å². The zero-order valence-electron chi connectivity index (χ0n) is 68.2. The van der Waals surface area contributed by atoms with E-state index in [1.54, 1.807) is 88.6 Å². The Bertz CT molecular complexity index is 4980. The number of hydrogen-bond donors (Lipinski definition) is 13. The topological polar surface area (TPSA) is 531 Å². The molecule has 0 saturated carbocycles. The van der Waals surface area contributed by atoms with Gasteiger partial charge >= 0.3 is 24.1 Å². The van der Waals surface area contributed by atoms with Crippen LogP contribution in [0, 0.1) is 0 Å². The van der Waals surface area contributed by atoms with Crippen molar-refractivity contribution in [3.63, 3.8) is 0 Å². The molecule has 2 saturated heterocycles. The molecule has 2 fully saturated rings. The first kappa shape index (κ1) is 90.3. The number of hydrogen-bond acceptors (Lipinski definition) is 31. The Morgan fingerprint density at radius 3 is 1.31 bits per heavy atom. The number of nitrogens with two attached hydrogens (primary N) is 1. The number of carbonyl (C=O) groups excluding carboxylic acids is 6. The number of ether oxygens (including phenoxy) is 14. The number of anilines is 2. The number of aliphatic hydroxyl groups excluding tert-OH is 8. The molecule has 6 heterocycles. The van der Waals surface area contributed by atoms with Crippen LogP contribution in [0.2, 0.25) is 0 Å². The van der Waals surface area contributed by atoms with Gasteiger partial charge in [0.1, 0.15) is 78.6 Å². The summed E-state index contributed by atoms with van der Waals surface area (Å²) in [6.45, 7) is 5.10. The van der Waals surface area contributed by atoms with Crippen molar-refractivity contribution in [1.82, 2.24) is 20.4 Å². The summed E-state index contributed by atoms with van der Waals surface area (Å²) in [4.78, 5) is 117. The van der Waals surface area contributed by atoms with Crippen LogP contribution >= 0.6 is 0 Å². The Hall–Kier alpha value is -12.0. The molecular weight excluding hydrogens is 1620 g/mol. The smallest absolute Gasteiger partial charge is 0.416 e. The van der Waals surface area contributed by atoms with E-state index < -0.39 is 158 Å². The third kappa shape index (κ3) is 19.9. The monoisotopic (exact) mass is 1720 g/mol. The Balaban J connectivity index is 0.818. The van der Waals surface area contributed by atoms with Gasteiger partial charge in [-0.2, -0.15) is 0 Å². The Morgan fingerprint density at radius 1 is 0.496 bits per heavy atom. The largest absolute Gasteiger partial charge is 0.497 e. The van der Waals surface area contributed by atoms with E-state index in [0.29, 0.717) is 33.8 Å². The highest BCUT2D eigenvalue weighted by Crippen LogP contribution is 2.47. The molecule has 123 heavy (non-hydrogen) atoms. The molecule has 6 aromatic carbocycles. The molecule has 0 spiro atoms. The van der Waals surface area contributed by atoms with Crippen molar-refractivity contribution >= 4 is 70.3 Å². The average molecular weight is 1720 g/mol. The van der Waals surface area contributed by atoms with Gasteiger partial charge in [-0.3, -0.25) is 19.2 Å². The van der Waals surface area contributed by atoms with Crippen molar-refractivity contribution in [2.75, 3.05) is 78.3 Å². The van der Waals surface area contributed by atoms with Gasteiger partial charge in [-0.1, -0.05) is 36.4 Å². The summed E-state index contributed by atoms with van der Waals surface area (Å²) in [6, 6.07) is 24.5. The molecule has 0 bridgehead atoms. The third-order valence-corrected chi connectivity index (χ3v) is 21.2. The Labute approximate surface area is 703 Å². The predicted molar refractivity (Wildman–Crippen MR) is 427 cm³/mol. The van der Waals surface area contributed by atoms with E-state index in [9.17, 15) is 70.2 Å². The normalized spacial score (nSPS) is 23.6. The maximum absolute atomic E-state index is 15.2. The van der Waals surface area contributed by atoms with Crippen LogP contribution in [-0.2, 0) is 51.2 Å². The minimum atomic E-state index is -2.08. The maximum Gasteiger partial charge on any atom is 0.416 e. The van der Waals surface area contributed by atoms with E-state index in [4.69, 9.17) is 72.0 Å². The number of methoxy groups -OCH3 is 5. The van der Waals surface area contributed by atoms with Crippen molar-refractivity contribution in [3.05, 3.63) is 166 Å². The van der Waals surface area contributed by atoms with Gasteiger partial charge in [0.2, 0.25) is 12.6 Å². The van der Waals surface area contributed by atoms with Gasteiger partial charge in [-0.15, -0.1) is 0 Å². The number of rotatable bonds is 32. The van der Waals surface area contributed by atoms with Gasteiger partial charge in [0.05, 0.1) is 101 Å². The number of carboxylic acid groups (broad SMARTS) is 2.